The molecule has 2 aromatic rings. The second kappa shape index (κ2) is 7.62. The minimum absolute atomic E-state index is 0.00703. The maximum atomic E-state index is 13.0. The first kappa shape index (κ1) is 19.3. The molecule has 1 N–H and O–H groups in total. The summed E-state index contributed by atoms with van der Waals surface area (Å²) in [6.07, 6.45) is 0.678. The summed E-state index contributed by atoms with van der Waals surface area (Å²) >= 11 is 12.3. The Morgan fingerprint density at radius 2 is 1.81 bits per heavy atom. The normalized spacial score (nSPS) is 14.2. The molecule has 0 aromatic heterocycles. The predicted octanol–water partition coefficient (Wildman–Crippen LogP) is 4.66. The molecular formula is C20H18Cl2N2O3. The lowest BCUT2D eigenvalue weighted by Crippen LogP contribution is -2.33. The van der Waals surface area contributed by atoms with E-state index in [1.54, 1.807) is 24.3 Å². The van der Waals surface area contributed by atoms with Crippen molar-refractivity contribution >= 4 is 46.4 Å². The lowest BCUT2D eigenvalue weighted by molar-refractivity contribution is -0.120. The highest BCUT2D eigenvalue weighted by Gasteiger charge is 2.39. The van der Waals surface area contributed by atoms with E-state index in [-0.39, 0.29) is 10.7 Å². The molecule has 1 aliphatic rings. The minimum Gasteiger partial charge on any atom is -0.495 e. The van der Waals surface area contributed by atoms with E-state index in [9.17, 15) is 9.59 Å². The molecule has 2 amide bonds. The zero-order valence-corrected chi connectivity index (χ0v) is 16.6. The molecule has 27 heavy (non-hydrogen) atoms. The third-order valence-corrected chi connectivity index (χ3v) is 5.14. The summed E-state index contributed by atoms with van der Waals surface area (Å²) in [6.45, 7) is 3.79. The summed E-state index contributed by atoms with van der Waals surface area (Å²) in [5.74, 6) is -0.634. The Kier molecular flexibility index (Phi) is 5.44. The molecule has 0 saturated carbocycles. The zero-order chi connectivity index (χ0) is 19.7. The number of hydrogen-bond acceptors (Lipinski definition) is 4. The average Bonchev–Trinajstić information content (AvgIpc) is 2.87. The summed E-state index contributed by atoms with van der Waals surface area (Å²) in [7, 11) is 1.49. The summed E-state index contributed by atoms with van der Waals surface area (Å²) < 4.78 is 5.31. The van der Waals surface area contributed by atoms with Crippen LogP contribution in [-0.2, 0) is 16.0 Å². The Balaban J connectivity index is 2.00. The number of hydrogen-bond donors (Lipinski definition) is 1. The SMILES string of the molecule is CCc1ccccc1N1C(=O)C(Cl)=C(Nc2cc(C)c(Cl)cc2OC)C1=O. The number of rotatable bonds is 5. The molecule has 1 aliphatic heterocycles. The largest absolute Gasteiger partial charge is 0.495 e. The number of nitrogens with one attached hydrogen (secondary N) is 1. The molecule has 0 aliphatic carbocycles. The number of nitrogens with zero attached hydrogens (tertiary/aromatic N) is 1. The molecule has 1 heterocycles. The number of halogens is 2. The van der Waals surface area contributed by atoms with Gasteiger partial charge in [0, 0.05) is 11.1 Å². The molecule has 0 bridgehead atoms. The number of para-hydroxylation sites is 1. The van der Waals surface area contributed by atoms with Crippen LogP contribution in [0, 0.1) is 6.92 Å². The van der Waals surface area contributed by atoms with Crippen LogP contribution in [0.3, 0.4) is 0 Å². The molecule has 2 aromatic carbocycles. The number of aryl methyl sites for hydroxylation is 2. The topological polar surface area (TPSA) is 58.6 Å². The molecule has 0 saturated heterocycles. The van der Waals surface area contributed by atoms with Crippen molar-refractivity contribution < 1.29 is 14.3 Å². The van der Waals surface area contributed by atoms with Crippen LogP contribution in [0.1, 0.15) is 18.1 Å². The Hall–Kier alpha value is -2.50. The highest BCUT2D eigenvalue weighted by Crippen LogP contribution is 2.36. The van der Waals surface area contributed by atoms with Crippen LogP contribution in [-0.4, -0.2) is 18.9 Å². The van der Waals surface area contributed by atoms with Crippen molar-refractivity contribution in [1.82, 2.24) is 0 Å². The number of carbonyl (C=O) groups is 2. The molecule has 5 nitrogen and oxygen atoms in total. The van der Waals surface area contributed by atoms with Crippen molar-refractivity contribution in [2.24, 2.45) is 0 Å². The molecule has 0 atom stereocenters. The van der Waals surface area contributed by atoms with Gasteiger partial charge < -0.3 is 10.1 Å². The summed E-state index contributed by atoms with van der Waals surface area (Å²) in [5.41, 5.74) is 2.71. The van der Waals surface area contributed by atoms with Gasteiger partial charge in [0.25, 0.3) is 11.8 Å². The number of amides is 2. The number of methoxy groups -OCH3 is 1. The predicted molar refractivity (Wildman–Crippen MR) is 108 cm³/mol. The fourth-order valence-corrected chi connectivity index (χ4v) is 3.29. The maximum Gasteiger partial charge on any atom is 0.283 e. The van der Waals surface area contributed by atoms with E-state index in [2.05, 4.69) is 5.32 Å². The van der Waals surface area contributed by atoms with Crippen molar-refractivity contribution in [3.63, 3.8) is 0 Å². The summed E-state index contributed by atoms with van der Waals surface area (Å²) in [5, 5.41) is 3.31. The van der Waals surface area contributed by atoms with Crippen LogP contribution in [0.2, 0.25) is 5.02 Å². The second-order valence-electron chi connectivity index (χ2n) is 6.04. The number of carbonyl (C=O) groups excluding carboxylic acids is 2. The van der Waals surface area contributed by atoms with Crippen LogP contribution < -0.4 is 15.0 Å². The first-order valence-electron chi connectivity index (χ1n) is 8.36. The smallest absolute Gasteiger partial charge is 0.283 e. The van der Waals surface area contributed by atoms with Gasteiger partial charge in [0.15, 0.2) is 0 Å². The van der Waals surface area contributed by atoms with Crippen molar-refractivity contribution in [2.75, 3.05) is 17.3 Å². The van der Waals surface area contributed by atoms with E-state index >= 15 is 0 Å². The van der Waals surface area contributed by atoms with Crippen LogP contribution in [0.5, 0.6) is 5.75 Å². The standard InChI is InChI=1S/C20H18Cl2N2O3/c1-4-12-7-5-6-8-15(12)24-19(25)17(22)18(20(24)26)23-14-9-11(2)13(21)10-16(14)27-3/h5-10,23H,4H2,1-3H3. The van der Waals surface area contributed by atoms with Crippen LogP contribution >= 0.6 is 23.2 Å². The second-order valence-corrected chi connectivity index (χ2v) is 6.83. The third kappa shape index (κ3) is 3.40. The number of anilines is 2. The molecule has 0 unspecified atom stereocenters. The highest BCUT2D eigenvalue weighted by atomic mass is 35.5. The van der Waals surface area contributed by atoms with Crippen molar-refractivity contribution in [1.29, 1.82) is 0 Å². The van der Waals surface area contributed by atoms with Gasteiger partial charge in [0.2, 0.25) is 0 Å². The van der Waals surface area contributed by atoms with Crippen LogP contribution in [0.15, 0.2) is 47.1 Å². The monoisotopic (exact) mass is 404 g/mol. The van der Waals surface area contributed by atoms with E-state index in [1.807, 2.05) is 26.0 Å². The van der Waals surface area contributed by atoms with Gasteiger partial charge in [-0.05, 0) is 36.6 Å². The van der Waals surface area contributed by atoms with E-state index in [0.29, 0.717) is 28.6 Å². The fourth-order valence-electron chi connectivity index (χ4n) is 2.92. The van der Waals surface area contributed by atoms with Crippen molar-refractivity contribution in [3.8, 4) is 5.75 Å². The first-order chi connectivity index (χ1) is 12.9. The van der Waals surface area contributed by atoms with E-state index in [0.717, 1.165) is 16.0 Å². The minimum atomic E-state index is -0.560. The summed E-state index contributed by atoms with van der Waals surface area (Å²) in [6, 6.07) is 10.6. The van der Waals surface area contributed by atoms with Crippen molar-refractivity contribution in [2.45, 2.75) is 20.3 Å². The number of imide groups is 1. The molecule has 0 spiro atoms. The fraction of sp³-hybridized carbons (Fsp3) is 0.200. The summed E-state index contributed by atoms with van der Waals surface area (Å²) in [4.78, 5) is 26.8. The van der Waals surface area contributed by atoms with E-state index in [1.165, 1.54) is 7.11 Å². The van der Waals surface area contributed by atoms with Gasteiger partial charge in [0.05, 0.1) is 18.5 Å². The molecule has 7 heteroatoms. The van der Waals surface area contributed by atoms with Crippen molar-refractivity contribution in [3.05, 3.63) is 63.3 Å². The third-order valence-electron chi connectivity index (χ3n) is 4.38. The van der Waals surface area contributed by atoms with E-state index in [4.69, 9.17) is 27.9 Å². The van der Waals surface area contributed by atoms with Gasteiger partial charge >= 0.3 is 0 Å². The molecule has 140 valence electrons. The quantitative estimate of drug-likeness (QED) is 0.736. The van der Waals surface area contributed by atoms with Gasteiger partial charge in [0.1, 0.15) is 16.5 Å². The molecular weight excluding hydrogens is 387 g/mol. The van der Waals surface area contributed by atoms with Gasteiger partial charge in [-0.25, -0.2) is 4.90 Å². The van der Waals surface area contributed by atoms with Gasteiger partial charge in [-0.3, -0.25) is 9.59 Å². The van der Waals surface area contributed by atoms with Gasteiger partial charge in [-0.2, -0.15) is 0 Å². The van der Waals surface area contributed by atoms with Gasteiger partial charge in [-0.1, -0.05) is 48.3 Å². The van der Waals surface area contributed by atoms with Gasteiger partial charge in [-0.15, -0.1) is 0 Å². The van der Waals surface area contributed by atoms with Crippen LogP contribution in [0.25, 0.3) is 0 Å². The average molecular weight is 405 g/mol. The maximum absolute atomic E-state index is 13.0. The highest BCUT2D eigenvalue weighted by molar-refractivity contribution is 6.53. The Morgan fingerprint density at radius 1 is 1.11 bits per heavy atom. The number of benzene rings is 2. The molecule has 0 fully saturated rings. The Bertz CT molecular complexity index is 970. The van der Waals surface area contributed by atoms with Crippen LogP contribution in [0.4, 0.5) is 11.4 Å². The lowest BCUT2D eigenvalue weighted by atomic mass is 10.1. The Labute approximate surface area is 167 Å². The van der Waals surface area contributed by atoms with E-state index < -0.39 is 11.8 Å². The molecule has 0 radical (unpaired) electrons. The Morgan fingerprint density at radius 3 is 2.48 bits per heavy atom. The molecule has 3 rings (SSSR count). The first-order valence-corrected chi connectivity index (χ1v) is 9.12. The zero-order valence-electron chi connectivity index (χ0n) is 15.1. The number of ether oxygens (including phenoxy) is 1. The lowest BCUT2D eigenvalue weighted by Gasteiger charge is -2.18.